The van der Waals surface area contributed by atoms with Crippen molar-refractivity contribution in [2.75, 3.05) is 0 Å². The third kappa shape index (κ3) is 4.37. The number of fused-ring (bicyclic) bond motifs is 5. The standard InChI is InChI=1S/C42H36N2O/c1-25(2)33-22-30(28-14-7-6-8-15-28)23-34(26(3)4)40(33)44-38-20-10-9-19-37(38)43-42(44)32-18-12-17-31-36-21-29-16-11-13-27(5)35(29)24-39(36)45-41(31)32/h6-26H,1-5H3/i5D3. The fourth-order valence-corrected chi connectivity index (χ4v) is 6.79. The Morgan fingerprint density at radius 1 is 0.667 bits per heavy atom. The van der Waals surface area contributed by atoms with Gasteiger partial charge in [-0.25, -0.2) is 4.98 Å². The lowest BCUT2D eigenvalue weighted by atomic mass is 9.88. The summed E-state index contributed by atoms with van der Waals surface area (Å²) in [5.41, 5.74) is 10.6. The molecule has 6 aromatic carbocycles. The summed E-state index contributed by atoms with van der Waals surface area (Å²) in [6.45, 7) is 6.81. The van der Waals surface area contributed by atoms with E-state index >= 15 is 0 Å². The summed E-state index contributed by atoms with van der Waals surface area (Å²) in [6.07, 6.45) is 0. The molecule has 0 aliphatic carbocycles. The van der Waals surface area contributed by atoms with Gasteiger partial charge in [-0.05, 0) is 99.7 Å². The molecule has 0 aliphatic rings. The van der Waals surface area contributed by atoms with Crippen molar-refractivity contribution in [2.24, 2.45) is 0 Å². The molecule has 0 fully saturated rings. The van der Waals surface area contributed by atoms with Crippen LogP contribution in [0.5, 0.6) is 0 Å². The van der Waals surface area contributed by atoms with Gasteiger partial charge in [0.25, 0.3) is 0 Å². The van der Waals surface area contributed by atoms with E-state index in [0.29, 0.717) is 16.5 Å². The molecule has 220 valence electrons. The van der Waals surface area contributed by atoms with E-state index in [9.17, 15) is 0 Å². The van der Waals surface area contributed by atoms with Gasteiger partial charge in [0, 0.05) is 14.9 Å². The minimum absolute atomic E-state index is 0.247. The monoisotopic (exact) mass is 587 g/mol. The number of hydrogen-bond acceptors (Lipinski definition) is 2. The summed E-state index contributed by atoms with van der Waals surface area (Å²) in [4.78, 5) is 5.29. The molecule has 0 atom stereocenters. The van der Waals surface area contributed by atoms with Crippen LogP contribution in [0.3, 0.4) is 0 Å². The number of imidazole rings is 1. The van der Waals surface area contributed by atoms with Crippen LogP contribution in [-0.2, 0) is 0 Å². The number of nitrogens with zero attached hydrogens (tertiary/aromatic N) is 2. The average molecular weight is 588 g/mol. The Bertz CT molecular complexity index is 2470. The number of rotatable bonds is 5. The maximum atomic E-state index is 8.12. The van der Waals surface area contributed by atoms with Crippen LogP contribution in [-0.4, -0.2) is 9.55 Å². The van der Waals surface area contributed by atoms with Gasteiger partial charge < -0.3 is 4.42 Å². The first-order chi connectivity index (χ1) is 23.1. The highest BCUT2D eigenvalue weighted by molar-refractivity contribution is 6.13. The van der Waals surface area contributed by atoms with Gasteiger partial charge in [-0.15, -0.1) is 0 Å². The number of para-hydroxylation sites is 3. The van der Waals surface area contributed by atoms with Crippen molar-refractivity contribution in [3.63, 3.8) is 0 Å². The van der Waals surface area contributed by atoms with Crippen LogP contribution in [0.1, 0.15) is 60.3 Å². The van der Waals surface area contributed by atoms with Gasteiger partial charge in [0.15, 0.2) is 0 Å². The van der Waals surface area contributed by atoms with E-state index in [1.165, 1.54) is 22.3 Å². The second kappa shape index (κ2) is 10.5. The molecule has 0 amide bonds. The van der Waals surface area contributed by atoms with Gasteiger partial charge in [-0.1, -0.05) is 100 Å². The van der Waals surface area contributed by atoms with Crippen LogP contribution in [0.2, 0.25) is 0 Å². The molecule has 0 spiro atoms. The number of hydrogen-bond donors (Lipinski definition) is 0. The molecule has 2 heterocycles. The molecule has 0 unspecified atom stereocenters. The van der Waals surface area contributed by atoms with E-state index < -0.39 is 6.85 Å². The van der Waals surface area contributed by atoms with E-state index in [1.807, 2.05) is 24.3 Å². The molecular formula is C42H36N2O. The Kier molecular flexibility index (Phi) is 5.64. The lowest BCUT2D eigenvalue weighted by molar-refractivity contribution is 0.670. The Hall–Kier alpha value is -5.15. The zero-order chi connectivity index (χ0) is 33.3. The van der Waals surface area contributed by atoms with E-state index in [4.69, 9.17) is 13.5 Å². The predicted molar refractivity (Wildman–Crippen MR) is 190 cm³/mol. The van der Waals surface area contributed by atoms with Crippen LogP contribution in [0.25, 0.3) is 71.9 Å². The zero-order valence-electron chi connectivity index (χ0n) is 28.9. The topological polar surface area (TPSA) is 31.0 Å². The highest BCUT2D eigenvalue weighted by atomic mass is 16.3. The molecule has 8 aromatic rings. The minimum Gasteiger partial charge on any atom is -0.455 e. The van der Waals surface area contributed by atoms with Gasteiger partial charge in [-0.3, -0.25) is 4.57 Å². The first-order valence-electron chi connectivity index (χ1n) is 17.2. The summed E-state index contributed by atoms with van der Waals surface area (Å²) < 4.78 is 33.4. The maximum Gasteiger partial charge on any atom is 0.149 e. The molecule has 3 nitrogen and oxygen atoms in total. The van der Waals surface area contributed by atoms with Crippen LogP contribution >= 0.6 is 0 Å². The Morgan fingerprint density at radius 3 is 2.16 bits per heavy atom. The molecule has 2 aromatic heterocycles. The van der Waals surface area contributed by atoms with Gasteiger partial charge in [0.1, 0.15) is 17.0 Å². The molecule has 0 aliphatic heterocycles. The van der Waals surface area contributed by atoms with E-state index in [1.54, 1.807) is 6.07 Å². The number of aromatic nitrogens is 2. The molecule has 0 bridgehead atoms. The van der Waals surface area contributed by atoms with Crippen LogP contribution in [0, 0.1) is 6.85 Å². The molecule has 3 heteroatoms. The van der Waals surface area contributed by atoms with Crippen molar-refractivity contribution in [2.45, 2.75) is 46.4 Å². The smallest absolute Gasteiger partial charge is 0.149 e. The number of furan rings is 1. The lowest BCUT2D eigenvalue weighted by Gasteiger charge is -2.24. The second-order valence-corrected chi connectivity index (χ2v) is 12.6. The molecule has 0 saturated carbocycles. The summed E-state index contributed by atoms with van der Waals surface area (Å²) in [5.74, 6) is 1.30. The van der Waals surface area contributed by atoms with Crippen molar-refractivity contribution < 1.29 is 8.53 Å². The molecule has 8 rings (SSSR count). The van der Waals surface area contributed by atoms with E-state index in [-0.39, 0.29) is 11.8 Å². The van der Waals surface area contributed by atoms with Crippen molar-refractivity contribution in [3.05, 3.63) is 132 Å². The summed E-state index contributed by atoms with van der Waals surface area (Å²) in [6, 6.07) is 39.2. The SMILES string of the molecule is [2H]C([2H])([2H])c1cccc2cc3c(cc12)oc1c(-c2nc4ccccc4n2-c2c(C(C)C)cc(-c4ccccc4)cc2C(C)C)cccc13. The Labute approximate surface area is 268 Å². The highest BCUT2D eigenvalue weighted by Gasteiger charge is 2.25. The largest absolute Gasteiger partial charge is 0.455 e. The fraction of sp³-hybridized carbons (Fsp3) is 0.167. The first kappa shape index (κ1) is 24.2. The lowest BCUT2D eigenvalue weighted by Crippen LogP contribution is -2.09. The molecule has 0 radical (unpaired) electrons. The number of aryl methyl sites for hydroxylation is 1. The quantitative estimate of drug-likeness (QED) is 0.200. The summed E-state index contributed by atoms with van der Waals surface area (Å²) >= 11 is 0. The average Bonchev–Trinajstić information content (AvgIpc) is 3.64. The Morgan fingerprint density at radius 2 is 1.40 bits per heavy atom. The van der Waals surface area contributed by atoms with Gasteiger partial charge >= 0.3 is 0 Å². The third-order valence-electron chi connectivity index (χ3n) is 9.04. The van der Waals surface area contributed by atoms with Crippen molar-refractivity contribution in [1.82, 2.24) is 9.55 Å². The van der Waals surface area contributed by atoms with E-state index in [0.717, 1.165) is 49.9 Å². The van der Waals surface area contributed by atoms with Crippen molar-refractivity contribution in [3.8, 4) is 28.2 Å². The minimum atomic E-state index is -2.23. The molecule has 45 heavy (non-hydrogen) atoms. The van der Waals surface area contributed by atoms with Crippen molar-refractivity contribution >= 4 is 43.7 Å². The fourth-order valence-electron chi connectivity index (χ4n) is 6.79. The van der Waals surface area contributed by atoms with Crippen LogP contribution in [0.15, 0.2) is 120 Å². The molecular weight excluding hydrogens is 548 g/mol. The zero-order valence-corrected chi connectivity index (χ0v) is 25.9. The molecule has 0 N–H and O–H groups in total. The van der Waals surface area contributed by atoms with Gasteiger partial charge in [0.05, 0.1) is 22.3 Å². The predicted octanol–water partition coefficient (Wildman–Crippen LogP) is 12.0. The van der Waals surface area contributed by atoms with Crippen LogP contribution in [0.4, 0.5) is 0 Å². The summed E-state index contributed by atoms with van der Waals surface area (Å²) in [5, 5.41) is 3.47. The second-order valence-electron chi connectivity index (χ2n) is 12.6. The maximum absolute atomic E-state index is 8.12. The van der Waals surface area contributed by atoms with Crippen molar-refractivity contribution in [1.29, 1.82) is 0 Å². The van der Waals surface area contributed by atoms with Gasteiger partial charge in [0.2, 0.25) is 0 Å². The summed E-state index contributed by atoms with van der Waals surface area (Å²) in [7, 11) is 0. The first-order valence-corrected chi connectivity index (χ1v) is 15.7. The normalized spacial score (nSPS) is 13.3. The van der Waals surface area contributed by atoms with Gasteiger partial charge in [-0.2, -0.15) is 0 Å². The van der Waals surface area contributed by atoms with Crippen LogP contribution < -0.4 is 0 Å². The highest BCUT2D eigenvalue weighted by Crippen LogP contribution is 2.43. The molecule has 0 saturated heterocycles. The van der Waals surface area contributed by atoms with E-state index in [2.05, 4.69) is 117 Å². The Balaban J connectivity index is 1.44. The third-order valence-corrected chi connectivity index (χ3v) is 9.04. The number of benzene rings is 6.